The lowest BCUT2D eigenvalue weighted by molar-refractivity contribution is -0.00865. The molecule has 8 heavy (non-hydrogen) atoms. The van der Waals surface area contributed by atoms with Crippen molar-refractivity contribution < 1.29 is 10.2 Å². The maximum absolute atomic E-state index is 6.67. The molecule has 0 heterocycles. The van der Waals surface area contributed by atoms with E-state index in [1.807, 2.05) is 0 Å². The Morgan fingerprint density at radius 1 is 1.12 bits per heavy atom. The van der Waals surface area contributed by atoms with Crippen LogP contribution < -0.4 is 0 Å². The van der Waals surface area contributed by atoms with Crippen LogP contribution in [0.5, 0.6) is 0 Å². The normalized spacial score (nSPS) is 43.0. The standard InChI is InChI=1S/C6H12O2/c7-5-3-1-2-4-6(5)8/h5-8H,1-4H2/t5-,6-/m0/s1/i7D,8D. The summed E-state index contributed by atoms with van der Waals surface area (Å²) in [5.41, 5.74) is 0. The fraction of sp³-hybridized carbons (Fsp3) is 1.00. The van der Waals surface area contributed by atoms with Gasteiger partial charge in [-0.25, -0.2) is 0 Å². The molecule has 0 aromatic heterocycles. The van der Waals surface area contributed by atoms with Gasteiger partial charge in [-0.1, -0.05) is 12.8 Å². The van der Waals surface area contributed by atoms with Crippen LogP contribution in [0, 0.1) is 0 Å². The minimum Gasteiger partial charge on any atom is -0.390 e. The topological polar surface area (TPSA) is 40.5 Å². The molecule has 0 aromatic rings. The Balaban J connectivity index is 2.34. The second-order valence-electron chi connectivity index (χ2n) is 2.36. The fourth-order valence-electron chi connectivity index (χ4n) is 1.06. The van der Waals surface area contributed by atoms with Crippen molar-refractivity contribution in [1.29, 1.82) is 2.86 Å². The lowest BCUT2D eigenvalue weighted by atomic mass is 9.95. The number of hydrogen-bond donors (Lipinski definition) is 2. The highest BCUT2D eigenvalue weighted by Crippen LogP contribution is 2.17. The highest BCUT2D eigenvalue weighted by atomic mass is 16.3. The van der Waals surface area contributed by atoms with Crippen molar-refractivity contribution in [3.05, 3.63) is 0 Å². The summed E-state index contributed by atoms with van der Waals surface area (Å²) in [4.78, 5) is 0. The summed E-state index contributed by atoms with van der Waals surface area (Å²) in [5, 5.41) is 8.80. The van der Waals surface area contributed by atoms with E-state index >= 15 is 0 Å². The van der Waals surface area contributed by atoms with E-state index in [-0.39, 0.29) is 12.2 Å². The molecule has 1 rings (SSSR count). The van der Waals surface area contributed by atoms with Crippen LogP contribution in [-0.4, -0.2) is 25.3 Å². The Morgan fingerprint density at radius 3 is 2.00 bits per heavy atom. The molecule has 0 radical (unpaired) electrons. The molecular formula is C6H12O2. The first-order valence-electron chi connectivity index (χ1n) is 3.94. The second-order valence-corrected chi connectivity index (χ2v) is 2.36. The van der Waals surface area contributed by atoms with E-state index in [1.165, 1.54) is 0 Å². The third-order valence-electron chi connectivity index (χ3n) is 1.64. The SMILES string of the molecule is [2H]O[C@H]1CCCC[C@@H]1O[2H]. The van der Waals surface area contributed by atoms with E-state index < -0.39 is 0 Å². The smallest absolute Gasteiger partial charge is 0.211 e. The summed E-state index contributed by atoms with van der Waals surface area (Å²) in [7, 11) is 0. The maximum Gasteiger partial charge on any atom is 0.211 e. The highest BCUT2D eigenvalue weighted by molar-refractivity contribution is 4.72. The first kappa shape index (κ1) is 3.85. The van der Waals surface area contributed by atoms with Crippen molar-refractivity contribution in [3.63, 3.8) is 0 Å². The third kappa shape index (κ3) is 1.20. The quantitative estimate of drug-likeness (QED) is 0.547. The fourth-order valence-corrected chi connectivity index (χ4v) is 1.06. The van der Waals surface area contributed by atoms with Crippen molar-refractivity contribution in [3.8, 4) is 0 Å². The van der Waals surface area contributed by atoms with Gasteiger partial charge in [-0.3, -0.25) is 0 Å². The lowest BCUT2D eigenvalue weighted by Gasteiger charge is -2.22. The van der Waals surface area contributed by atoms with Crippen molar-refractivity contribution in [1.82, 2.24) is 0 Å². The lowest BCUT2D eigenvalue weighted by Crippen LogP contribution is -2.28. The van der Waals surface area contributed by atoms with Gasteiger partial charge in [0.25, 0.3) is 0 Å². The van der Waals surface area contributed by atoms with Gasteiger partial charge in [0.15, 0.2) is 0 Å². The molecule has 48 valence electrons. The number of aliphatic hydroxyl groups is 2. The monoisotopic (exact) mass is 118 g/mol. The van der Waals surface area contributed by atoms with Gasteiger partial charge in [0.2, 0.25) is 2.86 Å². The van der Waals surface area contributed by atoms with Crippen LogP contribution in [0.3, 0.4) is 0 Å². The summed E-state index contributed by atoms with van der Waals surface area (Å²) in [6, 6.07) is 0. The van der Waals surface area contributed by atoms with Gasteiger partial charge < -0.3 is 10.2 Å². The van der Waals surface area contributed by atoms with Crippen LogP contribution in [0.25, 0.3) is 0 Å². The molecule has 2 atom stereocenters. The molecule has 0 bridgehead atoms. The molecule has 0 unspecified atom stereocenters. The number of rotatable bonds is 2. The summed E-state index contributed by atoms with van der Waals surface area (Å²) in [6.07, 6.45) is 3.53. The van der Waals surface area contributed by atoms with Crippen molar-refractivity contribution >= 4 is 0 Å². The van der Waals surface area contributed by atoms with E-state index in [0.717, 1.165) is 25.7 Å². The van der Waals surface area contributed by atoms with E-state index in [1.54, 1.807) is 0 Å². The van der Waals surface area contributed by atoms with Crippen LogP contribution in [0.4, 0.5) is 0 Å². The van der Waals surface area contributed by atoms with E-state index in [4.69, 9.17) is 2.86 Å². The number of hydrogen-bond acceptors (Lipinski definition) is 2. The van der Waals surface area contributed by atoms with Crippen LogP contribution in [-0.2, 0) is 0 Å². The summed E-state index contributed by atoms with van der Waals surface area (Å²) >= 11 is 0. The van der Waals surface area contributed by atoms with E-state index in [0.29, 0.717) is 0 Å². The first-order chi connectivity index (χ1) is 4.88. The van der Waals surface area contributed by atoms with E-state index in [2.05, 4.69) is 10.2 Å². The van der Waals surface area contributed by atoms with Crippen molar-refractivity contribution in [2.45, 2.75) is 37.9 Å². The van der Waals surface area contributed by atoms with Crippen LogP contribution in [0.1, 0.15) is 25.7 Å². The molecule has 0 saturated heterocycles. The summed E-state index contributed by atoms with van der Waals surface area (Å²) < 4.78 is 13.3. The Bertz CT molecular complexity index is 87.7. The van der Waals surface area contributed by atoms with Gasteiger partial charge >= 0.3 is 0 Å². The average Bonchev–Trinajstić information content (AvgIpc) is 2.04. The maximum atomic E-state index is 6.67. The predicted molar refractivity (Wildman–Crippen MR) is 30.5 cm³/mol. The Labute approximate surface area is 52.1 Å². The Morgan fingerprint density at radius 2 is 1.62 bits per heavy atom. The molecule has 0 amide bonds. The zero-order valence-electron chi connectivity index (χ0n) is 6.80. The number of aliphatic hydroxyl groups excluding tert-OH is 2. The molecule has 2 heteroatoms. The minimum atomic E-state index is -0.175. The molecule has 2 N–H and O–H groups in total. The van der Waals surface area contributed by atoms with Gasteiger partial charge in [-0.05, 0) is 12.8 Å². The van der Waals surface area contributed by atoms with Crippen molar-refractivity contribution in [2.24, 2.45) is 0 Å². The second kappa shape index (κ2) is 2.46. The van der Waals surface area contributed by atoms with Crippen molar-refractivity contribution in [2.75, 3.05) is 0 Å². The molecule has 1 aliphatic carbocycles. The van der Waals surface area contributed by atoms with Gasteiger partial charge in [0, 0.05) is 0 Å². The summed E-state index contributed by atoms with van der Waals surface area (Å²) in [5.74, 6) is 0. The minimum absolute atomic E-state index is 0.175. The molecule has 2 nitrogen and oxygen atoms in total. The molecule has 1 aliphatic rings. The zero-order valence-corrected chi connectivity index (χ0v) is 4.80. The van der Waals surface area contributed by atoms with E-state index in [9.17, 15) is 0 Å². The van der Waals surface area contributed by atoms with Gasteiger partial charge in [0.05, 0.1) is 12.2 Å². The van der Waals surface area contributed by atoms with Gasteiger partial charge in [-0.2, -0.15) is 0 Å². The molecule has 1 fully saturated rings. The highest BCUT2D eigenvalue weighted by Gasteiger charge is 2.19. The summed E-state index contributed by atoms with van der Waals surface area (Å²) in [6.45, 7) is 0. The Hall–Kier alpha value is -0.0800. The average molecular weight is 118 g/mol. The predicted octanol–water partition coefficient (Wildman–Crippen LogP) is 0.282. The third-order valence-corrected chi connectivity index (χ3v) is 1.64. The zero-order chi connectivity index (χ0) is 7.40. The first-order valence-corrected chi connectivity index (χ1v) is 3.12. The molecule has 0 aromatic carbocycles. The van der Waals surface area contributed by atoms with Crippen LogP contribution in [0.2, 0.25) is 0 Å². The van der Waals surface area contributed by atoms with Gasteiger partial charge in [0.1, 0.15) is 0 Å². The molecule has 0 spiro atoms. The van der Waals surface area contributed by atoms with Gasteiger partial charge in [-0.15, -0.1) is 0 Å². The molecule has 1 saturated carbocycles. The van der Waals surface area contributed by atoms with Crippen LogP contribution >= 0.6 is 0 Å². The largest absolute Gasteiger partial charge is 0.390 e. The Kier molecular flexibility index (Phi) is 1.19. The van der Waals surface area contributed by atoms with Crippen LogP contribution in [0.15, 0.2) is 0 Å². The molecule has 0 aliphatic heterocycles. The molecular weight excluding hydrogens is 104 g/mol.